The van der Waals surface area contributed by atoms with Gasteiger partial charge in [-0.3, -0.25) is 9.59 Å². The normalized spacial score (nSPS) is 16.3. The number of hydrogen-bond acceptors (Lipinski definition) is 5. The molecule has 146 valence electrons. The Labute approximate surface area is 175 Å². The first-order valence-electron chi connectivity index (χ1n) is 9.33. The molecule has 0 fully saturated rings. The Morgan fingerprint density at radius 3 is 2.31 bits per heavy atom. The van der Waals surface area contributed by atoms with E-state index in [-0.39, 0.29) is 17.3 Å². The van der Waals surface area contributed by atoms with Gasteiger partial charge in [0.15, 0.2) is 11.6 Å². The van der Waals surface area contributed by atoms with Crippen LogP contribution in [0.3, 0.4) is 0 Å². The fourth-order valence-corrected chi connectivity index (χ4v) is 4.42. The smallest absolute Gasteiger partial charge is 0.173 e. The van der Waals surface area contributed by atoms with Crippen molar-refractivity contribution in [1.82, 2.24) is 5.32 Å². The molecular formula is C24H22N2O2S. The van der Waals surface area contributed by atoms with Crippen molar-refractivity contribution in [2.24, 2.45) is 0 Å². The van der Waals surface area contributed by atoms with Crippen molar-refractivity contribution >= 4 is 23.3 Å². The third-order valence-corrected chi connectivity index (χ3v) is 5.90. The number of carbonyl (C=O) groups is 2. The van der Waals surface area contributed by atoms with Gasteiger partial charge in [-0.05, 0) is 26.3 Å². The van der Waals surface area contributed by atoms with Gasteiger partial charge in [-0.2, -0.15) is 5.26 Å². The molecule has 0 saturated carbocycles. The Kier molecular flexibility index (Phi) is 6.36. The van der Waals surface area contributed by atoms with Crippen LogP contribution in [-0.2, 0) is 4.79 Å². The third kappa shape index (κ3) is 4.49. The lowest BCUT2D eigenvalue weighted by atomic mass is 9.81. The molecule has 5 heteroatoms. The molecule has 0 amide bonds. The first-order chi connectivity index (χ1) is 13.9. The molecule has 1 heterocycles. The van der Waals surface area contributed by atoms with E-state index >= 15 is 0 Å². The molecule has 0 aliphatic carbocycles. The van der Waals surface area contributed by atoms with Crippen molar-refractivity contribution < 1.29 is 9.59 Å². The summed E-state index contributed by atoms with van der Waals surface area (Å²) in [7, 11) is 0. The lowest BCUT2D eigenvalue weighted by molar-refractivity contribution is -0.113. The Bertz CT molecular complexity index is 1040. The van der Waals surface area contributed by atoms with Gasteiger partial charge in [-0.15, -0.1) is 0 Å². The summed E-state index contributed by atoms with van der Waals surface area (Å²) in [5.74, 6) is -0.300. The van der Waals surface area contributed by atoms with Gasteiger partial charge in [0.25, 0.3) is 0 Å². The van der Waals surface area contributed by atoms with Crippen LogP contribution in [0.15, 0.2) is 76.5 Å². The topological polar surface area (TPSA) is 70.0 Å². The molecule has 1 atom stereocenters. The zero-order chi connectivity index (χ0) is 21.0. The van der Waals surface area contributed by atoms with E-state index in [1.54, 1.807) is 0 Å². The van der Waals surface area contributed by atoms with Crippen molar-refractivity contribution in [2.45, 2.75) is 26.7 Å². The van der Waals surface area contributed by atoms with E-state index in [0.717, 1.165) is 16.8 Å². The highest BCUT2D eigenvalue weighted by Gasteiger charge is 2.33. The zero-order valence-electron chi connectivity index (χ0n) is 16.7. The number of carbonyl (C=O) groups excluding carboxylic acids is 2. The number of nitrogens with zero attached hydrogens (tertiary/aromatic N) is 1. The lowest BCUT2D eigenvalue weighted by Crippen LogP contribution is -2.27. The van der Waals surface area contributed by atoms with Crippen molar-refractivity contribution in [3.05, 3.63) is 93.2 Å². The van der Waals surface area contributed by atoms with Crippen molar-refractivity contribution in [2.75, 3.05) is 5.75 Å². The Morgan fingerprint density at radius 2 is 1.72 bits per heavy atom. The maximum absolute atomic E-state index is 12.6. The van der Waals surface area contributed by atoms with Gasteiger partial charge in [0.05, 0.1) is 28.3 Å². The molecule has 0 spiro atoms. The molecule has 2 aromatic rings. The molecule has 29 heavy (non-hydrogen) atoms. The molecule has 0 unspecified atom stereocenters. The summed E-state index contributed by atoms with van der Waals surface area (Å²) in [6, 6.07) is 19.3. The summed E-state index contributed by atoms with van der Waals surface area (Å²) in [6.07, 6.45) is 0. The summed E-state index contributed by atoms with van der Waals surface area (Å²) >= 11 is 1.30. The van der Waals surface area contributed by atoms with Crippen LogP contribution in [0.1, 0.15) is 41.3 Å². The summed E-state index contributed by atoms with van der Waals surface area (Å²) < 4.78 is 0. The van der Waals surface area contributed by atoms with Gasteiger partial charge in [-0.1, -0.05) is 71.9 Å². The number of nitrogens with one attached hydrogen (secondary N) is 1. The SMILES string of the molecule is CC(=O)C1=C(C)NC(SCC(=O)c2ccc(C)cc2)=C(C#N)[C@H]1c1ccccc1. The van der Waals surface area contributed by atoms with Gasteiger partial charge in [-0.25, -0.2) is 0 Å². The van der Waals surface area contributed by atoms with E-state index in [2.05, 4.69) is 11.4 Å². The van der Waals surface area contributed by atoms with Crippen molar-refractivity contribution in [3.8, 4) is 6.07 Å². The second-order valence-corrected chi connectivity index (χ2v) is 7.98. The monoisotopic (exact) mass is 402 g/mol. The second-order valence-electron chi connectivity index (χ2n) is 7.00. The fourth-order valence-electron chi connectivity index (χ4n) is 3.43. The second kappa shape index (κ2) is 8.93. The number of hydrogen-bond donors (Lipinski definition) is 1. The molecular weight excluding hydrogens is 380 g/mol. The maximum atomic E-state index is 12.6. The van der Waals surface area contributed by atoms with Gasteiger partial charge in [0.2, 0.25) is 0 Å². The van der Waals surface area contributed by atoms with E-state index < -0.39 is 5.92 Å². The number of benzene rings is 2. The number of nitriles is 1. The Hall–Kier alpha value is -3.10. The molecule has 0 saturated heterocycles. The number of allylic oxidation sites excluding steroid dienone is 3. The van der Waals surface area contributed by atoms with Crippen LogP contribution in [-0.4, -0.2) is 17.3 Å². The maximum Gasteiger partial charge on any atom is 0.173 e. The van der Waals surface area contributed by atoms with Crippen LogP contribution in [0.25, 0.3) is 0 Å². The average Bonchev–Trinajstić information content (AvgIpc) is 2.72. The number of aryl methyl sites for hydroxylation is 1. The van der Waals surface area contributed by atoms with E-state index in [1.165, 1.54) is 18.7 Å². The fraction of sp³-hybridized carbons (Fsp3) is 0.208. The van der Waals surface area contributed by atoms with Crippen LogP contribution in [0.5, 0.6) is 0 Å². The van der Waals surface area contributed by atoms with Crippen LogP contribution in [0.2, 0.25) is 0 Å². The number of rotatable bonds is 6. The number of thioether (sulfide) groups is 1. The minimum atomic E-state index is -0.433. The number of dihydropyridines is 1. The number of ketones is 2. The minimum Gasteiger partial charge on any atom is -0.353 e. The molecule has 1 N–H and O–H groups in total. The van der Waals surface area contributed by atoms with Gasteiger partial charge in [0.1, 0.15) is 0 Å². The molecule has 0 radical (unpaired) electrons. The van der Waals surface area contributed by atoms with Gasteiger partial charge in [0, 0.05) is 16.8 Å². The molecule has 1 aliphatic rings. The molecule has 0 aromatic heterocycles. The van der Waals surface area contributed by atoms with Crippen molar-refractivity contribution in [1.29, 1.82) is 5.26 Å². The molecule has 3 rings (SSSR count). The van der Waals surface area contributed by atoms with Gasteiger partial charge < -0.3 is 5.32 Å². The third-order valence-electron chi connectivity index (χ3n) is 4.88. The van der Waals surface area contributed by atoms with E-state index in [0.29, 0.717) is 21.7 Å². The molecule has 2 aromatic carbocycles. The Morgan fingerprint density at radius 1 is 1.07 bits per heavy atom. The summed E-state index contributed by atoms with van der Waals surface area (Å²) in [5.41, 5.74) is 4.40. The first kappa shape index (κ1) is 20.6. The standard InChI is InChI=1S/C24H22N2O2S/c1-15-9-11-18(12-10-15)21(28)14-29-24-20(13-25)23(19-7-5-4-6-8-19)22(17(3)27)16(2)26-24/h4-12,23,26H,14H2,1-3H3/t23-/m1/s1. The zero-order valence-corrected chi connectivity index (χ0v) is 17.5. The predicted octanol–water partition coefficient (Wildman–Crippen LogP) is 4.90. The largest absolute Gasteiger partial charge is 0.353 e. The minimum absolute atomic E-state index is 0.00292. The Balaban J connectivity index is 1.93. The van der Waals surface area contributed by atoms with Crippen LogP contribution < -0.4 is 5.32 Å². The van der Waals surface area contributed by atoms with Crippen LogP contribution >= 0.6 is 11.8 Å². The van der Waals surface area contributed by atoms with Gasteiger partial charge >= 0.3 is 0 Å². The van der Waals surface area contributed by atoms with Crippen molar-refractivity contribution in [3.63, 3.8) is 0 Å². The van der Waals surface area contributed by atoms with E-state index in [1.807, 2.05) is 68.4 Å². The highest BCUT2D eigenvalue weighted by molar-refractivity contribution is 8.03. The first-order valence-corrected chi connectivity index (χ1v) is 10.3. The average molecular weight is 403 g/mol. The van der Waals surface area contributed by atoms with E-state index in [9.17, 15) is 14.9 Å². The summed E-state index contributed by atoms with van der Waals surface area (Å²) in [4.78, 5) is 24.9. The predicted molar refractivity (Wildman–Crippen MR) is 116 cm³/mol. The molecule has 0 bridgehead atoms. The quantitative estimate of drug-likeness (QED) is 0.696. The van der Waals surface area contributed by atoms with Crippen LogP contribution in [0, 0.1) is 18.3 Å². The molecule has 1 aliphatic heterocycles. The lowest BCUT2D eigenvalue weighted by Gasteiger charge is -2.29. The van der Waals surface area contributed by atoms with Crippen LogP contribution in [0.4, 0.5) is 0 Å². The summed E-state index contributed by atoms with van der Waals surface area (Å²) in [5, 5.41) is 13.7. The molecule has 4 nitrogen and oxygen atoms in total. The number of Topliss-reactive ketones (excluding diaryl/α,β-unsaturated/α-hetero) is 2. The summed E-state index contributed by atoms with van der Waals surface area (Å²) in [6.45, 7) is 5.33. The highest BCUT2D eigenvalue weighted by Crippen LogP contribution is 2.40. The van der Waals surface area contributed by atoms with E-state index in [4.69, 9.17) is 0 Å². The highest BCUT2D eigenvalue weighted by atomic mass is 32.2.